The van der Waals surface area contributed by atoms with Crippen molar-refractivity contribution in [1.82, 2.24) is 29.9 Å². The minimum atomic E-state index is 0.502. The van der Waals surface area contributed by atoms with Gasteiger partial charge in [-0.3, -0.25) is 4.68 Å². The van der Waals surface area contributed by atoms with E-state index in [0.29, 0.717) is 6.04 Å². The summed E-state index contributed by atoms with van der Waals surface area (Å²) in [6.45, 7) is 6.14. The second-order valence-corrected chi connectivity index (χ2v) is 5.47. The molecule has 2 aromatic heterocycles. The molecule has 0 radical (unpaired) electrons. The summed E-state index contributed by atoms with van der Waals surface area (Å²) in [4.78, 5) is 10.9. The fraction of sp³-hybridized carbons (Fsp3) is 0.571. The van der Waals surface area contributed by atoms with Gasteiger partial charge in [-0.1, -0.05) is 5.21 Å². The van der Waals surface area contributed by atoms with E-state index >= 15 is 0 Å². The number of anilines is 1. The van der Waals surface area contributed by atoms with Crippen molar-refractivity contribution in [2.75, 3.05) is 25.0 Å². The molecule has 7 heteroatoms. The maximum Gasteiger partial charge on any atom is 0.129 e. The van der Waals surface area contributed by atoms with Crippen LogP contribution in [0.25, 0.3) is 0 Å². The van der Waals surface area contributed by atoms with Crippen LogP contribution in [0.15, 0.2) is 24.8 Å². The van der Waals surface area contributed by atoms with Crippen LogP contribution >= 0.6 is 0 Å². The van der Waals surface area contributed by atoms with Crippen LogP contribution in [0.1, 0.15) is 18.5 Å². The number of piperidine rings is 1. The van der Waals surface area contributed by atoms with Crippen molar-refractivity contribution in [2.45, 2.75) is 32.4 Å². The van der Waals surface area contributed by atoms with Gasteiger partial charge in [-0.15, -0.1) is 5.10 Å². The number of nitrogens with one attached hydrogen (secondary N) is 1. The molecule has 1 aliphatic rings. The molecule has 1 aliphatic heterocycles. The highest BCUT2D eigenvalue weighted by molar-refractivity contribution is 5.35. The normalized spacial score (nSPS) is 17.0. The Morgan fingerprint density at radius 2 is 2.10 bits per heavy atom. The summed E-state index contributed by atoms with van der Waals surface area (Å²) in [6.07, 6.45) is 7.53. The third-order valence-corrected chi connectivity index (χ3v) is 3.86. The van der Waals surface area contributed by atoms with Gasteiger partial charge in [0.1, 0.15) is 12.1 Å². The topological polar surface area (TPSA) is 71.8 Å². The van der Waals surface area contributed by atoms with E-state index in [2.05, 4.69) is 30.5 Å². The Labute approximate surface area is 124 Å². The number of nitrogens with zero attached hydrogens (tertiary/aromatic N) is 6. The summed E-state index contributed by atoms with van der Waals surface area (Å²) < 4.78 is 1.88. The predicted octanol–water partition coefficient (Wildman–Crippen LogP) is 0.953. The molecule has 0 saturated carbocycles. The third-order valence-electron chi connectivity index (χ3n) is 3.86. The molecule has 1 saturated heterocycles. The van der Waals surface area contributed by atoms with Gasteiger partial charge in [0.05, 0.1) is 12.7 Å². The van der Waals surface area contributed by atoms with Crippen molar-refractivity contribution in [1.29, 1.82) is 0 Å². The quantitative estimate of drug-likeness (QED) is 0.883. The van der Waals surface area contributed by atoms with E-state index in [1.54, 1.807) is 12.5 Å². The fourth-order valence-corrected chi connectivity index (χ4v) is 2.64. The molecule has 0 spiro atoms. The standard InChI is InChI=1S/C14H21N7/c1-12-10-14(16-11-15-12)18-13-2-5-20(6-3-13)8-9-21-7-4-17-19-21/h4,7,10-11,13H,2-3,5-6,8-9H2,1H3,(H,15,16,18). The van der Waals surface area contributed by atoms with Gasteiger partial charge in [0.25, 0.3) is 0 Å². The maximum absolute atomic E-state index is 4.27. The highest BCUT2D eigenvalue weighted by Gasteiger charge is 2.19. The van der Waals surface area contributed by atoms with E-state index < -0.39 is 0 Å². The molecule has 21 heavy (non-hydrogen) atoms. The largest absolute Gasteiger partial charge is 0.367 e. The zero-order valence-electron chi connectivity index (χ0n) is 12.3. The molecule has 1 fully saturated rings. The van der Waals surface area contributed by atoms with E-state index in [1.807, 2.05) is 23.9 Å². The molecule has 3 rings (SSSR count). The number of likely N-dealkylation sites (tertiary alicyclic amines) is 1. The second kappa shape index (κ2) is 6.62. The Hall–Kier alpha value is -2.02. The van der Waals surface area contributed by atoms with Crippen LogP contribution in [0, 0.1) is 6.92 Å². The summed E-state index contributed by atoms with van der Waals surface area (Å²) in [5, 5.41) is 11.3. The van der Waals surface area contributed by atoms with E-state index in [0.717, 1.165) is 50.5 Å². The molecule has 7 nitrogen and oxygen atoms in total. The lowest BCUT2D eigenvalue weighted by molar-refractivity contribution is 0.208. The summed E-state index contributed by atoms with van der Waals surface area (Å²) in [5.41, 5.74) is 0.998. The van der Waals surface area contributed by atoms with E-state index in [9.17, 15) is 0 Å². The second-order valence-electron chi connectivity index (χ2n) is 5.47. The molecular formula is C14H21N7. The van der Waals surface area contributed by atoms with Crippen LogP contribution in [0.3, 0.4) is 0 Å². The molecule has 0 aromatic carbocycles. The van der Waals surface area contributed by atoms with Crippen molar-refractivity contribution in [3.63, 3.8) is 0 Å². The molecule has 2 aromatic rings. The molecular weight excluding hydrogens is 266 g/mol. The van der Waals surface area contributed by atoms with Gasteiger partial charge in [-0.25, -0.2) is 9.97 Å². The van der Waals surface area contributed by atoms with Gasteiger partial charge in [0.2, 0.25) is 0 Å². The van der Waals surface area contributed by atoms with Gasteiger partial charge in [0, 0.05) is 43.6 Å². The molecule has 112 valence electrons. The van der Waals surface area contributed by atoms with Crippen LogP contribution in [0.4, 0.5) is 5.82 Å². The number of hydrogen-bond donors (Lipinski definition) is 1. The first-order valence-corrected chi connectivity index (χ1v) is 7.41. The zero-order chi connectivity index (χ0) is 14.5. The van der Waals surface area contributed by atoms with Gasteiger partial charge in [-0.2, -0.15) is 0 Å². The van der Waals surface area contributed by atoms with Gasteiger partial charge >= 0.3 is 0 Å². The lowest BCUT2D eigenvalue weighted by Crippen LogP contribution is -2.40. The average molecular weight is 287 g/mol. The summed E-state index contributed by atoms with van der Waals surface area (Å²) in [6, 6.07) is 2.50. The van der Waals surface area contributed by atoms with Crippen LogP contribution in [-0.4, -0.2) is 55.5 Å². The monoisotopic (exact) mass is 287 g/mol. The summed E-state index contributed by atoms with van der Waals surface area (Å²) >= 11 is 0. The summed E-state index contributed by atoms with van der Waals surface area (Å²) in [5.74, 6) is 0.934. The van der Waals surface area contributed by atoms with Crippen molar-refractivity contribution in [2.24, 2.45) is 0 Å². The highest BCUT2D eigenvalue weighted by Crippen LogP contribution is 2.15. The Morgan fingerprint density at radius 1 is 1.24 bits per heavy atom. The first kappa shape index (κ1) is 13.9. The summed E-state index contributed by atoms with van der Waals surface area (Å²) in [7, 11) is 0. The van der Waals surface area contributed by atoms with E-state index in [-0.39, 0.29) is 0 Å². The first-order valence-electron chi connectivity index (χ1n) is 7.41. The molecule has 0 unspecified atom stereocenters. The Balaban J connectivity index is 1.42. The molecule has 0 amide bonds. The van der Waals surface area contributed by atoms with Gasteiger partial charge in [-0.05, 0) is 19.8 Å². The molecule has 1 N–H and O–H groups in total. The first-order chi connectivity index (χ1) is 10.3. The fourth-order valence-electron chi connectivity index (χ4n) is 2.64. The molecule has 0 aliphatic carbocycles. The van der Waals surface area contributed by atoms with Crippen molar-refractivity contribution in [3.05, 3.63) is 30.5 Å². The SMILES string of the molecule is Cc1cc(NC2CCN(CCn3ccnn3)CC2)ncn1. The van der Waals surface area contributed by atoms with E-state index in [1.165, 1.54) is 0 Å². The highest BCUT2D eigenvalue weighted by atomic mass is 15.4. The van der Waals surface area contributed by atoms with Gasteiger partial charge < -0.3 is 10.2 Å². The van der Waals surface area contributed by atoms with Crippen molar-refractivity contribution < 1.29 is 0 Å². The third kappa shape index (κ3) is 3.98. The molecule has 0 bridgehead atoms. The maximum atomic E-state index is 4.27. The van der Waals surface area contributed by atoms with Gasteiger partial charge in [0.15, 0.2) is 0 Å². The molecule has 3 heterocycles. The van der Waals surface area contributed by atoms with Crippen LogP contribution < -0.4 is 5.32 Å². The molecule has 0 atom stereocenters. The Morgan fingerprint density at radius 3 is 2.81 bits per heavy atom. The van der Waals surface area contributed by atoms with Crippen molar-refractivity contribution in [3.8, 4) is 0 Å². The van der Waals surface area contributed by atoms with Crippen LogP contribution in [0.2, 0.25) is 0 Å². The lowest BCUT2D eigenvalue weighted by atomic mass is 10.1. The Bertz CT molecular complexity index is 546. The van der Waals surface area contributed by atoms with Crippen LogP contribution in [0.5, 0.6) is 0 Å². The number of rotatable bonds is 5. The minimum absolute atomic E-state index is 0.502. The smallest absolute Gasteiger partial charge is 0.129 e. The van der Waals surface area contributed by atoms with E-state index in [4.69, 9.17) is 0 Å². The zero-order valence-corrected chi connectivity index (χ0v) is 12.3. The van der Waals surface area contributed by atoms with Crippen LogP contribution in [-0.2, 0) is 6.54 Å². The van der Waals surface area contributed by atoms with Crippen molar-refractivity contribution >= 4 is 5.82 Å². The lowest BCUT2D eigenvalue weighted by Gasteiger charge is -2.32. The number of aromatic nitrogens is 5. The predicted molar refractivity (Wildman–Crippen MR) is 79.9 cm³/mol. The average Bonchev–Trinajstić information content (AvgIpc) is 3.00. The minimum Gasteiger partial charge on any atom is -0.367 e. The Kier molecular flexibility index (Phi) is 4.40. The number of hydrogen-bond acceptors (Lipinski definition) is 6. The number of aryl methyl sites for hydroxylation is 1.